The minimum absolute atomic E-state index is 0.353. The van der Waals surface area contributed by atoms with Crippen LogP contribution >= 0.6 is 0 Å². The molecule has 0 amide bonds. The molecule has 0 aromatic carbocycles. The number of nitrogens with zero attached hydrogens (tertiary/aromatic N) is 4. The summed E-state index contributed by atoms with van der Waals surface area (Å²) in [7, 11) is 0. The van der Waals surface area contributed by atoms with E-state index in [9.17, 15) is 5.11 Å². The minimum Gasteiger partial charge on any atom is -0.390 e. The smallest absolute Gasteiger partial charge is 0.151 e. The fourth-order valence-corrected chi connectivity index (χ4v) is 3.19. The Bertz CT molecular complexity index is 458. The van der Waals surface area contributed by atoms with Crippen LogP contribution in [0.4, 0.5) is 5.82 Å². The first-order valence-corrected chi connectivity index (χ1v) is 8.15. The quantitative estimate of drug-likeness (QED) is 0.913. The maximum absolute atomic E-state index is 10.2. The van der Waals surface area contributed by atoms with Crippen molar-refractivity contribution in [3.05, 3.63) is 17.8 Å². The van der Waals surface area contributed by atoms with E-state index in [2.05, 4.69) is 26.1 Å². The van der Waals surface area contributed by atoms with Gasteiger partial charge in [0.2, 0.25) is 0 Å². The molecule has 21 heavy (non-hydrogen) atoms. The third-order valence-corrected chi connectivity index (χ3v) is 4.87. The van der Waals surface area contributed by atoms with Gasteiger partial charge in [0.05, 0.1) is 11.3 Å². The van der Waals surface area contributed by atoms with Gasteiger partial charge in [-0.3, -0.25) is 0 Å². The van der Waals surface area contributed by atoms with Crippen molar-refractivity contribution in [2.75, 3.05) is 37.6 Å². The van der Waals surface area contributed by atoms with Crippen LogP contribution in [0.3, 0.4) is 0 Å². The summed E-state index contributed by atoms with van der Waals surface area (Å²) in [6.45, 7) is 7.18. The molecule has 0 bridgehead atoms. The molecule has 1 saturated heterocycles. The van der Waals surface area contributed by atoms with Crippen molar-refractivity contribution >= 4 is 5.82 Å². The van der Waals surface area contributed by atoms with E-state index in [1.54, 1.807) is 0 Å². The maximum atomic E-state index is 10.2. The van der Waals surface area contributed by atoms with Crippen LogP contribution in [0, 0.1) is 6.92 Å². The summed E-state index contributed by atoms with van der Waals surface area (Å²) < 4.78 is 0. The Morgan fingerprint density at radius 3 is 2.62 bits per heavy atom. The van der Waals surface area contributed by atoms with Crippen LogP contribution < -0.4 is 4.90 Å². The molecule has 1 N–H and O–H groups in total. The molecule has 1 aliphatic carbocycles. The van der Waals surface area contributed by atoms with Crippen molar-refractivity contribution in [1.29, 1.82) is 0 Å². The van der Waals surface area contributed by atoms with Crippen molar-refractivity contribution < 1.29 is 5.11 Å². The third-order valence-electron chi connectivity index (χ3n) is 4.87. The lowest BCUT2D eigenvalue weighted by atomic mass is 9.78. The molecule has 2 fully saturated rings. The fraction of sp³-hybridized carbons (Fsp3) is 0.750. The summed E-state index contributed by atoms with van der Waals surface area (Å²) in [5, 5.41) is 18.7. The summed E-state index contributed by atoms with van der Waals surface area (Å²) in [4.78, 5) is 4.81. The largest absolute Gasteiger partial charge is 0.390 e. The second kappa shape index (κ2) is 6.28. The van der Waals surface area contributed by atoms with Crippen molar-refractivity contribution in [3.8, 4) is 0 Å². The van der Waals surface area contributed by atoms with E-state index in [1.807, 2.05) is 13.0 Å². The maximum Gasteiger partial charge on any atom is 0.151 e. The Labute approximate surface area is 127 Å². The summed E-state index contributed by atoms with van der Waals surface area (Å²) in [6, 6.07) is 4.09. The topological polar surface area (TPSA) is 52.5 Å². The molecule has 1 aromatic heterocycles. The van der Waals surface area contributed by atoms with E-state index in [0.717, 1.165) is 69.9 Å². The molecule has 1 aromatic rings. The highest BCUT2D eigenvalue weighted by Crippen LogP contribution is 2.34. The van der Waals surface area contributed by atoms with Gasteiger partial charge in [-0.05, 0) is 57.7 Å². The second-order valence-electron chi connectivity index (χ2n) is 6.54. The third kappa shape index (κ3) is 3.71. The van der Waals surface area contributed by atoms with Gasteiger partial charge in [-0.15, -0.1) is 5.10 Å². The number of aromatic nitrogens is 2. The fourth-order valence-electron chi connectivity index (χ4n) is 3.19. The second-order valence-corrected chi connectivity index (χ2v) is 6.54. The van der Waals surface area contributed by atoms with E-state index < -0.39 is 0 Å². The Balaban J connectivity index is 1.50. The van der Waals surface area contributed by atoms with Gasteiger partial charge < -0.3 is 14.9 Å². The zero-order chi connectivity index (χ0) is 14.7. The minimum atomic E-state index is -0.353. The number of anilines is 1. The average molecular weight is 290 g/mol. The van der Waals surface area contributed by atoms with E-state index in [0.29, 0.717) is 0 Å². The zero-order valence-corrected chi connectivity index (χ0v) is 13.0. The van der Waals surface area contributed by atoms with Gasteiger partial charge in [0, 0.05) is 26.2 Å². The molecule has 0 unspecified atom stereocenters. The van der Waals surface area contributed by atoms with Gasteiger partial charge in [-0.1, -0.05) is 0 Å². The molecule has 2 heterocycles. The highest BCUT2D eigenvalue weighted by atomic mass is 16.3. The van der Waals surface area contributed by atoms with E-state index in [4.69, 9.17) is 0 Å². The molecule has 3 rings (SSSR count). The van der Waals surface area contributed by atoms with E-state index in [-0.39, 0.29) is 5.60 Å². The predicted octanol–water partition coefficient (Wildman–Crippen LogP) is 1.60. The molecule has 1 saturated carbocycles. The molecule has 1 aliphatic heterocycles. The Hall–Kier alpha value is -1.20. The molecule has 5 heteroatoms. The first-order chi connectivity index (χ1) is 10.1. The number of aliphatic hydroxyl groups is 1. The summed E-state index contributed by atoms with van der Waals surface area (Å²) >= 11 is 0. The SMILES string of the molecule is Cc1ccc(N2CCCN(CCC3(O)CCC3)CC2)nn1. The van der Waals surface area contributed by atoms with Gasteiger partial charge in [0.25, 0.3) is 0 Å². The molecule has 0 spiro atoms. The number of aryl methyl sites for hydroxylation is 1. The molecular formula is C16H26N4O. The van der Waals surface area contributed by atoms with Crippen LogP contribution in [-0.2, 0) is 0 Å². The Kier molecular flexibility index (Phi) is 4.40. The van der Waals surface area contributed by atoms with Gasteiger partial charge in [-0.2, -0.15) is 5.10 Å². The summed E-state index contributed by atoms with van der Waals surface area (Å²) in [6.07, 6.45) is 5.25. The van der Waals surface area contributed by atoms with Crippen LogP contribution in [0.2, 0.25) is 0 Å². The number of hydrogen-bond acceptors (Lipinski definition) is 5. The van der Waals surface area contributed by atoms with Crippen LogP contribution in [0.1, 0.15) is 37.8 Å². The van der Waals surface area contributed by atoms with Crippen LogP contribution in [0.15, 0.2) is 12.1 Å². The van der Waals surface area contributed by atoms with Crippen molar-refractivity contribution in [2.45, 2.75) is 44.6 Å². The lowest BCUT2D eigenvalue weighted by Gasteiger charge is -2.38. The standard InChI is InChI=1S/C16H26N4O/c1-14-4-5-15(18-17-14)20-10-3-9-19(12-13-20)11-8-16(21)6-2-7-16/h4-5,21H,2-3,6-13H2,1H3. The average Bonchev–Trinajstić information content (AvgIpc) is 2.70. The first-order valence-electron chi connectivity index (χ1n) is 8.15. The van der Waals surface area contributed by atoms with Gasteiger partial charge in [-0.25, -0.2) is 0 Å². The summed E-state index contributed by atoms with van der Waals surface area (Å²) in [5.41, 5.74) is 0.609. The molecule has 116 valence electrons. The van der Waals surface area contributed by atoms with Gasteiger partial charge in [0.15, 0.2) is 5.82 Å². The van der Waals surface area contributed by atoms with Crippen LogP contribution in [-0.4, -0.2) is 58.5 Å². The lowest BCUT2D eigenvalue weighted by Crippen LogP contribution is -2.41. The number of rotatable bonds is 4. The monoisotopic (exact) mass is 290 g/mol. The Morgan fingerprint density at radius 2 is 1.95 bits per heavy atom. The van der Waals surface area contributed by atoms with Crippen LogP contribution in [0.5, 0.6) is 0 Å². The van der Waals surface area contributed by atoms with Crippen molar-refractivity contribution in [3.63, 3.8) is 0 Å². The molecular weight excluding hydrogens is 264 g/mol. The van der Waals surface area contributed by atoms with E-state index in [1.165, 1.54) is 6.42 Å². The normalized spacial score (nSPS) is 22.7. The Morgan fingerprint density at radius 1 is 1.10 bits per heavy atom. The van der Waals surface area contributed by atoms with E-state index >= 15 is 0 Å². The van der Waals surface area contributed by atoms with Gasteiger partial charge >= 0.3 is 0 Å². The lowest BCUT2D eigenvalue weighted by molar-refractivity contribution is -0.0459. The van der Waals surface area contributed by atoms with Crippen molar-refractivity contribution in [1.82, 2.24) is 15.1 Å². The predicted molar refractivity (Wildman–Crippen MR) is 83.5 cm³/mol. The molecule has 0 atom stereocenters. The first kappa shape index (κ1) is 14.7. The molecule has 5 nitrogen and oxygen atoms in total. The van der Waals surface area contributed by atoms with Crippen molar-refractivity contribution in [2.24, 2.45) is 0 Å². The van der Waals surface area contributed by atoms with Gasteiger partial charge in [0.1, 0.15) is 0 Å². The summed E-state index contributed by atoms with van der Waals surface area (Å²) in [5.74, 6) is 0.986. The highest BCUT2D eigenvalue weighted by molar-refractivity contribution is 5.37. The molecule has 0 radical (unpaired) electrons. The highest BCUT2D eigenvalue weighted by Gasteiger charge is 2.34. The van der Waals surface area contributed by atoms with Crippen LogP contribution in [0.25, 0.3) is 0 Å². The number of hydrogen-bond donors (Lipinski definition) is 1. The molecule has 2 aliphatic rings. The zero-order valence-electron chi connectivity index (χ0n) is 13.0.